The van der Waals surface area contributed by atoms with Gasteiger partial charge in [-0.15, -0.1) is 0 Å². The lowest BCUT2D eigenvalue weighted by Gasteiger charge is -2.09. The molecule has 142 valence electrons. The lowest BCUT2D eigenvalue weighted by atomic mass is 10.2. The van der Waals surface area contributed by atoms with Crippen molar-refractivity contribution in [2.75, 3.05) is 5.32 Å². The number of nitrogens with zero attached hydrogens (tertiary/aromatic N) is 3. The summed E-state index contributed by atoms with van der Waals surface area (Å²) < 4.78 is 8.34. The highest BCUT2D eigenvalue weighted by atomic mass is 35.5. The average Bonchev–Trinajstić information content (AvgIpc) is 3.27. The molecule has 0 aliphatic carbocycles. The lowest BCUT2D eigenvalue weighted by Crippen LogP contribution is -2.14. The molecular weight excluding hydrogens is 396 g/mol. The minimum atomic E-state index is -0.308. The highest BCUT2D eigenvalue weighted by Gasteiger charge is 2.13. The van der Waals surface area contributed by atoms with Gasteiger partial charge in [0.05, 0.1) is 10.2 Å². The van der Waals surface area contributed by atoms with Crippen LogP contribution in [0.25, 0.3) is 10.2 Å². The van der Waals surface area contributed by atoms with Gasteiger partial charge in [0.25, 0.3) is 5.91 Å². The van der Waals surface area contributed by atoms with Gasteiger partial charge in [-0.05, 0) is 61.4 Å². The van der Waals surface area contributed by atoms with Crippen molar-refractivity contribution in [1.29, 1.82) is 0 Å². The monoisotopic (exact) mass is 412 g/mol. The van der Waals surface area contributed by atoms with Gasteiger partial charge in [0, 0.05) is 11.2 Å². The summed E-state index contributed by atoms with van der Waals surface area (Å²) in [4.78, 5) is 16.9. The van der Waals surface area contributed by atoms with Crippen molar-refractivity contribution in [2.45, 2.75) is 20.6 Å². The van der Waals surface area contributed by atoms with E-state index in [2.05, 4.69) is 15.4 Å². The predicted molar refractivity (Wildman–Crippen MR) is 111 cm³/mol. The number of nitrogens with one attached hydrogen (secondary N) is 1. The standard InChI is InChI=1S/C20H17ClN4O2S/c1-12-3-5-15-18(9-12)28-20(22-15)23-19(26)16-7-8-25(24-16)11-27-17-6-4-14(21)10-13(17)2/h3-10H,11H2,1-2H3,(H,22,23,26). The second-order valence-corrected chi connectivity index (χ2v) is 7.84. The number of ether oxygens (including phenoxy) is 1. The molecule has 2 heterocycles. The van der Waals surface area contributed by atoms with E-state index in [-0.39, 0.29) is 12.6 Å². The largest absolute Gasteiger partial charge is 0.471 e. The zero-order chi connectivity index (χ0) is 19.7. The Morgan fingerprint density at radius 2 is 2.07 bits per heavy atom. The number of rotatable bonds is 5. The Kier molecular flexibility index (Phi) is 5.02. The van der Waals surface area contributed by atoms with E-state index in [1.165, 1.54) is 11.3 Å². The van der Waals surface area contributed by atoms with E-state index < -0.39 is 0 Å². The SMILES string of the molecule is Cc1ccc2nc(NC(=O)c3ccn(COc4ccc(Cl)cc4C)n3)sc2c1. The molecule has 0 fully saturated rings. The summed E-state index contributed by atoms with van der Waals surface area (Å²) in [5, 5.41) is 8.28. The van der Waals surface area contributed by atoms with Gasteiger partial charge in [-0.1, -0.05) is 29.0 Å². The molecule has 0 saturated heterocycles. The Morgan fingerprint density at radius 1 is 1.21 bits per heavy atom. The van der Waals surface area contributed by atoms with Crippen molar-refractivity contribution in [2.24, 2.45) is 0 Å². The molecule has 0 unspecified atom stereocenters. The molecule has 4 rings (SSSR count). The fourth-order valence-electron chi connectivity index (χ4n) is 2.71. The maximum absolute atomic E-state index is 12.5. The molecule has 0 bridgehead atoms. The van der Waals surface area contributed by atoms with Crippen LogP contribution in [0.1, 0.15) is 21.6 Å². The molecule has 0 aliphatic heterocycles. The predicted octanol–water partition coefficient (Wildman–Crippen LogP) is 5.05. The van der Waals surface area contributed by atoms with Gasteiger partial charge in [0.1, 0.15) is 5.75 Å². The molecule has 1 amide bonds. The number of thiazole rings is 1. The van der Waals surface area contributed by atoms with Crippen LogP contribution < -0.4 is 10.1 Å². The van der Waals surface area contributed by atoms with E-state index >= 15 is 0 Å². The molecule has 0 saturated carbocycles. The second-order valence-electron chi connectivity index (χ2n) is 6.37. The second kappa shape index (κ2) is 7.61. The normalized spacial score (nSPS) is 11.0. The van der Waals surface area contributed by atoms with Crippen molar-refractivity contribution < 1.29 is 9.53 Å². The molecule has 2 aromatic heterocycles. The van der Waals surface area contributed by atoms with Crippen LogP contribution in [-0.4, -0.2) is 20.7 Å². The van der Waals surface area contributed by atoms with E-state index in [0.717, 1.165) is 27.1 Å². The first-order valence-electron chi connectivity index (χ1n) is 8.59. The van der Waals surface area contributed by atoms with Gasteiger partial charge in [-0.3, -0.25) is 10.1 Å². The number of hydrogen-bond donors (Lipinski definition) is 1. The fraction of sp³-hybridized carbons (Fsp3) is 0.150. The maximum atomic E-state index is 12.5. The highest BCUT2D eigenvalue weighted by Crippen LogP contribution is 2.27. The highest BCUT2D eigenvalue weighted by molar-refractivity contribution is 7.22. The number of benzene rings is 2. The molecular formula is C20H17ClN4O2S. The quantitative estimate of drug-likeness (QED) is 0.498. The van der Waals surface area contributed by atoms with Crippen LogP contribution in [0.3, 0.4) is 0 Å². The third-order valence-corrected chi connectivity index (χ3v) is 5.30. The molecule has 1 N–H and O–H groups in total. The van der Waals surface area contributed by atoms with Crippen LogP contribution in [-0.2, 0) is 6.73 Å². The summed E-state index contributed by atoms with van der Waals surface area (Å²) >= 11 is 7.39. The third kappa shape index (κ3) is 4.00. The van der Waals surface area contributed by atoms with E-state index in [9.17, 15) is 4.79 Å². The summed E-state index contributed by atoms with van der Waals surface area (Å²) in [6, 6.07) is 13.0. The number of fused-ring (bicyclic) bond motifs is 1. The Balaban J connectivity index is 1.42. The number of aryl methyl sites for hydroxylation is 2. The Labute approximate surface area is 170 Å². The van der Waals surface area contributed by atoms with Crippen LogP contribution in [0.15, 0.2) is 48.7 Å². The zero-order valence-electron chi connectivity index (χ0n) is 15.3. The topological polar surface area (TPSA) is 69.0 Å². The Hall–Kier alpha value is -2.90. The zero-order valence-corrected chi connectivity index (χ0v) is 16.8. The molecule has 0 aliphatic rings. The van der Waals surface area contributed by atoms with Gasteiger partial charge in [0.2, 0.25) is 0 Å². The minimum absolute atomic E-state index is 0.191. The van der Waals surface area contributed by atoms with E-state index in [4.69, 9.17) is 16.3 Å². The first-order chi connectivity index (χ1) is 13.5. The van der Waals surface area contributed by atoms with E-state index in [0.29, 0.717) is 15.8 Å². The van der Waals surface area contributed by atoms with Gasteiger partial charge < -0.3 is 4.74 Å². The summed E-state index contributed by atoms with van der Waals surface area (Å²) in [5.74, 6) is 0.410. The van der Waals surface area contributed by atoms with Crippen LogP contribution in [0.4, 0.5) is 5.13 Å². The number of aromatic nitrogens is 3. The molecule has 8 heteroatoms. The third-order valence-electron chi connectivity index (χ3n) is 4.13. The molecule has 0 spiro atoms. The van der Waals surface area contributed by atoms with Gasteiger partial charge in [-0.2, -0.15) is 5.10 Å². The number of hydrogen-bond acceptors (Lipinski definition) is 5. The summed E-state index contributed by atoms with van der Waals surface area (Å²) in [6.07, 6.45) is 1.70. The number of carbonyl (C=O) groups is 1. The average molecular weight is 413 g/mol. The van der Waals surface area contributed by atoms with Crippen LogP contribution in [0.2, 0.25) is 5.02 Å². The molecule has 28 heavy (non-hydrogen) atoms. The summed E-state index contributed by atoms with van der Waals surface area (Å²) in [7, 11) is 0. The van der Waals surface area contributed by atoms with E-state index in [1.807, 2.05) is 44.2 Å². The Bertz CT molecular complexity index is 1170. The van der Waals surface area contributed by atoms with E-state index in [1.54, 1.807) is 23.0 Å². The van der Waals surface area contributed by atoms with Crippen molar-refractivity contribution >= 4 is 44.2 Å². The first-order valence-corrected chi connectivity index (χ1v) is 9.78. The van der Waals surface area contributed by atoms with Crippen LogP contribution >= 0.6 is 22.9 Å². The molecule has 4 aromatic rings. The summed E-state index contributed by atoms with van der Waals surface area (Å²) in [5.41, 5.74) is 3.25. The van der Waals surface area contributed by atoms with Gasteiger partial charge in [0.15, 0.2) is 17.6 Å². The maximum Gasteiger partial charge on any atom is 0.277 e. The van der Waals surface area contributed by atoms with Crippen LogP contribution in [0, 0.1) is 13.8 Å². The summed E-state index contributed by atoms with van der Waals surface area (Å²) in [6.45, 7) is 4.14. The van der Waals surface area contributed by atoms with Crippen molar-refractivity contribution in [3.63, 3.8) is 0 Å². The molecule has 0 atom stereocenters. The van der Waals surface area contributed by atoms with Gasteiger partial charge in [-0.25, -0.2) is 9.67 Å². The van der Waals surface area contributed by atoms with Crippen molar-refractivity contribution in [1.82, 2.24) is 14.8 Å². The number of carbonyl (C=O) groups excluding carboxylic acids is 1. The number of amides is 1. The van der Waals surface area contributed by atoms with Crippen LogP contribution in [0.5, 0.6) is 5.75 Å². The molecule has 0 radical (unpaired) electrons. The van der Waals surface area contributed by atoms with Crippen molar-refractivity contribution in [3.05, 3.63) is 70.5 Å². The molecule has 2 aromatic carbocycles. The fourth-order valence-corrected chi connectivity index (χ4v) is 3.90. The minimum Gasteiger partial charge on any atom is -0.471 e. The number of anilines is 1. The lowest BCUT2D eigenvalue weighted by molar-refractivity contribution is 0.102. The smallest absolute Gasteiger partial charge is 0.277 e. The first kappa shape index (κ1) is 18.5. The van der Waals surface area contributed by atoms with Gasteiger partial charge >= 0.3 is 0 Å². The van der Waals surface area contributed by atoms with Crippen molar-refractivity contribution in [3.8, 4) is 5.75 Å². The molecule has 6 nitrogen and oxygen atoms in total. The Morgan fingerprint density at radius 3 is 2.89 bits per heavy atom. The number of halogens is 1.